The molecule has 4 rings (SSSR count). The van der Waals surface area contributed by atoms with E-state index in [1.54, 1.807) is 26.2 Å². The number of likely N-dealkylation sites (N-methyl/N-ethyl adjacent to an activating group) is 1. The van der Waals surface area contributed by atoms with E-state index in [2.05, 4.69) is 20.5 Å². The molecule has 1 unspecified atom stereocenters. The summed E-state index contributed by atoms with van der Waals surface area (Å²) in [5.74, 6) is 0.148. The summed E-state index contributed by atoms with van der Waals surface area (Å²) in [6, 6.07) is 1.22. The molecule has 1 amide bonds. The van der Waals surface area contributed by atoms with Gasteiger partial charge in [0, 0.05) is 42.5 Å². The highest BCUT2D eigenvalue weighted by molar-refractivity contribution is 6.31. The van der Waals surface area contributed by atoms with Gasteiger partial charge in [0.15, 0.2) is 5.78 Å². The average molecular weight is 504 g/mol. The number of pyridine rings is 1. The summed E-state index contributed by atoms with van der Waals surface area (Å²) in [6.45, 7) is 4.76. The third kappa shape index (κ3) is 5.71. The molecule has 2 aromatic heterocycles. The van der Waals surface area contributed by atoms with E-state index in [-0.39, 0.29) is 35.7 Å². The number of ketones is 1. The number of hydrogen-bond donors (Lipinski definition) is 3. The van der Waals surface area contributed by atoms with E-state index < -0.39 is 6.23 Å². The van der Waals surface area contributed by atoms with Gasteiger partial charge in [-0.3, -0.25) is 14.5 Å². The Morgan fingerprint density at radius 1 is 1.23 bits per heavy atom. The van der Waals surface area contributed by atoms with Crippen LogP contribution in [0.15, 0.2) is 18.5 Å². The Hall–Kier alpha value is -2.00. The van der Waals surface area contributed by atoms with Gasteiger partial charge in [0.05, 0.1) is 17.1 Å². The molecule has 3 heterocycles. The molecule has 2 aromatic rings. The molecule has 2 aliphatic rings. The van der Waals surface area contributed by atoms with Crippen LogP contribution in [0.2, 0.25) is 5.02 Å². The van der Waals surface area contributed by atoms with Crippen LogP contribution >= 0.6 is 11.6 Å². The molecule has 0 spiro atoms. The van der Waals surface area contributed by atoms with Crippen molar-refractivity contribution >= 4 is 34.3 Å². The van der Waals surface area contributed by atoms with Crippen LogP contribution in [0, 0.1) is 5.92 Å². The molecule has 1 saturated heterocycles. The Kier molecular flexibility index (Phi) is 8.47. The Balaban J connectivity index is 1.57. The van der Waals surface area contributed by atoms with Gasteiger partial charge in [-0.05, 0) is 58.6 Å². The fourth-order valence-electron chi connectivity index (χ4n) is 5.75. The maximum absolute atomic E-state index is 12.8. The second kappa shape index (κ2) is 11.4. The van der Waals surface area contributed by atoms with Crippen molar-refractivity contribution in [2.75, 3.05) is 13.6 Å². The van der Waals surface area contributed by atoms with Gasteiger partial charge in [-0.1, -0.05) is 30.9 Å². The van der Waals surface area contributed by atoms with E-state index >= 15 is 0 Å². The zero-order valence-electron chi connectivity index (χ0n) is 21.0. The van der Waals surface area contributed by atoms with Gasteiger partial charge in [-0.25, -0.2) is 4.98 Å². The molecule has 0 bridgehead atoms. The molecule has 8 nitrogen and oxygen atoms in total. The largest absolute Gasteiger partial charge is 0.376 e. The van der Waals surface area contributed by atoms with Crippen LogP contribution in [-0.2, 0) is 11.3 Å². The Bertz CT molecular complexity index is 1050. The number of fused-ring (bicyclic) bond motifs is 1. The molecule has 4 atom stereocenters. The quantitative estimate of drug-likeness (QED) is 0.454. The van der Waals surface area contributed by atoms with Gasteiger partial charge in [0.25, 0.3) is 0 Å². The van der Waals surface area contributed by atoms with Gasteiger partial charge in [0.2, 0.25) is 5.91 Å². The van der Waals surface area contributed by atoms with Crippen molar-refractivity contribution in [2.24, 2.45) is 5.92 Å². The number of aromatic nitrogens is 2. The molecule has 1 saturated carbocycles. The third-order valence-electron chi connectivity index (χ3n) is 7.84. The number of carbonyl (C=O) groups excluding carboxylic acids is 2. The van der Waals surface area contributed by atoms with Crippen molar-refractivity contribution in [3.8, 4) is 0 Å². The van der Waals surface area contributed by atoms with Crippen LogP contribution in [-0.4, -0.2) is 69.2 Å². The average Bonchev–Trinajstić information content (AvgIpc) is 3.46. The summed E-state index contributed by atoms with van der Waals surface area (Å²) in [5.41, 5.74) is 1.33. The van der Waals surface area contributed by atoms with Crippen LogP contribution < -0.4 is 10.6 Å². The van der Waals surface area contributed by atoms with Crippen molar-refractivity contribution < 1.29 is 14.7 Å². The first kappa shape index (κ1) is 26.1. The summed E-state index contributed by atoms with van der Waals surface area (Å²) in [7, 11) is 1.77. The number of hydrogen-bond acceptors (Lipinski definition) is 6. The molecular weight excluding hydrogens is 466 g/mol. The van der Waals surface area contributed by atoms with Gasteiger partial charge in [-0.2, -0.15) is 0 Å². The number of nitrogens with one attached hydrogen (secondary N) is 2. The van der Waals surface area contributed by atoms with Gasteiger partial charge < -0.3 is 20.3 Å². The van der Waals surface area contributed by atoms with Crippen LogP contribution in [0.25, 0.3) is 11.0 Å². The Morgan fingerprint density at radius 3 is 2.66 bits per heavy atom. The molecule has 1 aliphatic heterocycles. The van der Waals surface area contributed by atoms with Crippen molar-refractivity contribution in [3.63, 3.8) is 0 Å². The minimum absolute atomic E-state index is 0.0279. The van der Waals surface area contributed by atoms with E-state index in [9.17, 15) is 14.7 Å². The van der Waals surface area contributed by atoms with Gasteiger partial charge in [-0.15, -0.1) is 0 Å². The molecule has 0 aromatic carbocycles. The number of likely N-dealkylation sites (tertiary alicyclic amines) is 1. The topological polar surface area (TPSA) is 99.5 Å². The third-order valence-corrected chi connectivity index (χ3v) is 8.05. The first-order valence-electron chi connectivity index (χ1n) is 12.9. The SMILES string of the molecule is CN[C@@H](C)C(=O)N[C@@H](C1CCCCC1)C(O)N1CCC[C@H]1Cn1cc(C(C)=O)c2cc(Cl)cnc21. The molecule has 2 fully saturated rings. The lowest BCUT2D eigenvalue weighted by Gasteiger charge is -2.40. The molecule has 192 valence electrons. The van der Waals surface area contributed by atoms with E-state index in [1.807, 2.05) is 17.7 Å². The van der Waals surface area contributed by atoms with Crippen molar-refractivity contribution in [3.05, 3.63) is 29.0 Å². The normalized spacial score (nSPS) is 22.3. The minimum Gasteiger partial charge on any atom is -0.376 e. The zero-order valence-corrected chi connectivity index (χ0v) is 21.7. The number of rotatable bonds is 9. The summed E-state index contributed by atoms with van der Waals surface area (Å²) in [5, 5.41) is 19.1. The van der Waals surface area contributed by atoms with Crippen LogP contribution in [0.4, 0.5) is 0 Å². The lowest BCUT2D eigenvalue weighted by Crippen LogP contribution is -2.59. The number of aliphatic hydroxyl groups is 1. The smallest absolute Gasteiger partial charge is 0.237 e. The van der Waals surface area contributed by atoms with E-state index in [0.717, 1.165) is 56.1 Å². The second-order valence-electron chi connectivity index (χ2n) is 10.2. The summed E-state index contributed by atoms with van der Waals surface area (Å²) >= 11 is 6.16. The molecule has 9 heteroatoms. The number of carbonyl (C=O) groups is 2. The highest BCUT2D eigenvalue weighted by Gasteiger charge is 2.39. The predicted molar refractivity (Wildman–Crippen MR) is 138 cm³/mol. The highest BCUT2D eigenvalue weighted by Crippen LogP contribution is 2.32. The summed E-state index contributed by atoms with van der Waals surface area (Å²) in [4.78, 5) is 31.7. The van der Waals surface area contributed by atoms with Crippen molar-refractivity contribution in [1.82, 2.24) is 25.1 Å². The van der Waals surface area contributed by atoms with E-state index in [4.69, 9.17) is 11.6 Å². The van der Waals surface area contributed by atoms with Crippen LogP contribution in [0.5, 0.6) is 0 Å². The molecule has 1 aliphatic carbocycles. The van der Waals surface area contributed by atoms with Gasteiger partial charge in [0.1, 0.15) is 11.9 Å². The van der Waals surface area contributed by atoms with Crippen molar-refractivity contribution in [2.45, 2.75) is 89.7 Å². The number of Topliss-reactive ketones (excluding diaryl/α,β-unsaturated/α-hetero) is 1. The minimum atomic E-state index is -0.768. The number of halogens is 1. The molecular formula is C26H38ClN5O3. The first-order chi connectivity index (χ1) is 16.8. The monoisotopic (exact) mass is 503 g/mol. The Labute approximate surface area is 212 Å². The lowest BCUT2D eigenvalue weighted by molar-refractivity contribution is -0.127. The van der Waals surface area contributed by atoms with Crippen LogP contribution in [0.3, 0.4) is 0 Å². The molecule has 35 heavy (non-hydrogen) atoms. The van der Waals surface area contributed by atoms with Crippen LogP contribution in [0.1, 0.15) is 69.2 Å². The zero-order chi connectivity index (χ0) is 25.1. The number of aliphatic hydroxyl groups excluding tert-OH is 1. The highest BCUT2D eigenvalue weighted by atomic mass is 35.5. The van der Waals surface area contributed by atoms with E-state index in [0.29, 0.717) is 17.1 Å². The standard InChI is InChI=1S/C26H38ClN5O3/c1-16(28-3)25(34)30-23(18-8-5-4-6-9-18)26(35)32-11-7-10-20(32)14-31-15-22(17(2)33)21-12-19(27)13-29-24(21)31/h12-13,15-16,18,20,23,26,28,35H,4-11,14H2,1-3H3,(H,30,34)/t16-,20-,23-,26?/m0/s1. The molecule has 0 radical (unpaired) electrons. The summed E-state index contributed by atoms with van der Waals surface area (Å²) < 4.78 is 2.01. The fraction of sp³-hybridized carbons (Fsp3) is 0.654. The second-order valence-corrected chi connectivity index (χ2v) is 10.6. The fourth-order valence-corrected chi connectivity index (χ4v) is 5.91. The summed E-state index contributed by atoms with van der Waals surface area (Å²) in [6.07, 6.45) is 10.1. The first-order valence-corrected chi connectivity index (χ1v) is 13.2. The van der Waals surface area contributed by atoms with E-state index in [1.165, 1.54) is 6.42 Å². The van der Waals surface area contributed by atoms with Gasteiger partial charge >= 0.3 is 0 Å². The van der Waals surface area contributed by atoms with Crippen molar-refractivity contribution in [1.29, 1.82) is 0 Å². The lowest BCUT2D eigenvalue weighted by atomic mass is 9.82. The predicted octanol–water partition coefficient (Wildman–Crippen LogP) is 3.35. The number of nitrogens with zero attached hydrogens (tertiary/aromatic N) is 3. The molecule has 3 N–H and O–H groups in total. The maximum Gasteiger partial charge on any atom is 0.237 e. The maximum atomic E-state index is 12.8. The number of amides is 1. The Morgan fingerprint density at radius 2 is 1.97 bits per heavy atom.